The Balaban J connectivity index is 1.54. The van der Waals surface area contributed by atoms with E-state index in [0.29, 0.717) is 47.1 Å². The number of methoxy groups -OCH3 is 2. The minimum absolute atomic E-state index is 0.0373. The molecule has 1 amide bonds. The minimum Gasteiger partial charge on any atom is -0.497 e. The summed E-state index contributed by atoms with van der Waals surface area (Å²) >= 11 is 0. The van der Waals surface area contributed by atoms with Gasteiger partial charge in [0.2, 0.25) is 5.90 Å². The molecule has 0 fully saturated rings. The minimum atomic E-state index is -1.52. The summed E-state index contributed by atoms with van der Waals surface area (Å²) in [6.45, 7) is 0.674. The molecule has 1 aliphatic heterocycles. The highest BCUT2D eigenvalue weighted by atomic mass is 16.5. The zero-order valence-electron chi connectivity index (χ0n) is 26.1. The number of benzene rings is 4. The lowest BCUT2D eigenvalue weighted by Crippen LogP contribution is -2.53. The van der Waals surface area contributed by atoms with Crippen LogP contribution >= 0.6 is 0 Å². The molecule has 0 aromatic heterocycles. The molecule has 0 bridgehead atoms. The monoisotopic (exact) mass is 636 g/mol. The van der Waals surface area contributed by atoms with Crippen molar-refractivity contribution in [2.75, 3.05) is 27.4 Å². The van der Waals surface area contributed by atoms with Crippen LogP contribution in [0.2, 0.25) is 0 Å². The van der Waals surface area contributed by atoms with E-state index >= 15 is 0 Å². The largest absolute Gasteiger partial charge is 0.497 e. The molecule has 242 valence electrons. The van der Waals surface area contributed by atoms with Crippen LogP contribution in [0.25, 0.3) is 10.4 Å². The SMILES string of the molecule is COc1cc(CNNC(=O)[C@@]2(Cc3ccccc3)N=C(c3ccc(OCCCO)cc3)O[C@H]2c2ccccc2N=[N+]=[N-])cc(OC)c1. The van der Waals surface area contributed by atoms with Gasteiger partial charge in [0.05, 0.1) is 20.8 Å². The molecule has 0 radical (unpaired) electrons. The number of carbonyl (C=O) groups excluding carboxylic acids is 1. The van der Waals surface area contributed by atoms with Gasteiger partial charge in [0.15, 0.2) is 11.6 Å². The molecule has 4 aromatic carbocycles. The van der Waals surface area contributed by atoms with E-state index in [1.54, 1.807) is 68.8 Å². The van der Waals surface area contributed by atoms with Gasteiger partial charge in [0.25, 0.3) is 5.91 Å². The summed E-state index contributed by atoms with van der Waals surface area (Å²) in [4.78, 5) is 22.5. The fourth-order valence-corrected chi connectivity index (χ4v) is 5.32. The predicted octanol–water partition coefficient (Wildman–Crippen LogP) is 5.73. The number of aliphatic hydroxyl groups is 1. The van der Waals surface area contributed by atoms with E-state index < -0.39 is 17.6 Å². The summed E-state index contributed by atoms with van der Waals surface area (Å²) in [7, 11) is 3.14. The summed E-state index contributed by atoms with van der Waals surface area (Å²) in [5, 5.41) is 13.0. The third-order valence-corrected chi connectivity index (χ3v) is 7.62. The van der Waals surface area contributed by atoms with Crippen molar-refractivity contribution in [1.82, 2.24) is 10.9 Å². The van der Waals surface area contributed by atoms with Crippen LogP contribution < -0.4 is 25.1 Å². The highest BCUT2D eigenvalue weighted by Gasteiger charge is 2.54. The fourth-order valence-electron chi connectivity index (χ4n) is 5.32. The van der Waals surface area contributed by atoms with E-state index in [2.05, 4.69) is 20.9 Å². The van der Waals surface area contributed by atoms with Gasteiger partial charge in [-0.05, 0) is 53.1 Å². The molecule has 4 aromatic rings. The predicted molar refractivity (Wildman–Crippen MR) is 177 cm³/mol. The molecule has 0 aliphatic carbocycles. The van der Waals surface area contributed by atoms with Crippen molar-refractivity contribution in [2.45, 2.75) is 31.0 Å². The maximum Gasteiger partial charge on any atom is 0.266 e. The highest BCUT2D eigenvalue weighted by molar-refractivity contribution is 6.01. The van der Waals surface area contributed by atoms with Crippen LogP contribution in [0.3, 0.4) is 0 Å². The number of hydrogen-bond acceptors (Lipinski definition) is 9. The first kappa shape index (κ1) is 32.8. The van der Waals surface area contributed by atoms with Crippen molar-refractivity contribution >= 4 is 17.5 Å². The number of aliphatic hydroxyl groups excluding tert-OH is 1. The standard InChI is InChI=1S/C35H36N6O6/c1-44-28-19-25(20-29(21-28)45-2)23-37-40-34(43)35(22-24-9-4-3-5-10-24)32(30-11-6-7-12-31(30)39-41-36)47-33(38-35)26-13-15-27(16-14-26)46-18-8-17-42/h3-7,9-16,19-21,32,37,42H,8,17-18,22-23H2,1-2H3,(H,40,43)/t32-,35-/m0/s1. The molecule has 12 nitrogen and oxygen atoms in total. The fraction of sp³-hybridized carbons (Fsp3) is 0.257. The van der Waals surface area contributed by atoms with E-state index in [4.69, 9.17) is 29.0 Å². The van der Waals surface area contributed by atoms with E-state index in [0.717, 1.165) is 11.1 Å². The van der Waals surface area contributed by atoms with Gasteiger partial charge in [-0.15, -0.1) is 0 Å². The zero-order chi connectivity index (χ0) is 33.1. The van der Waals surface area contributed by atoms with Crippen LogP contribution in [0.4, 0.5) is 5.69 Å². The van der Waals surface area contributed by atoms with Crippen LogP contribution in [0, 0.1) is 0 Å². The molecule has 0 spiro atoms. The summed E-state index contributed by atoms with van der Waals surface area (Å²) < 4.78 is 23.0. The average Bonchev–Trinajstić information content (AvgIpc) is 3.49. The molecule has 3 N–H and O–H groups in total. The van der Waals surface area contributed by atoms with Gasteiger partial charge >= 0.3 is 0 Å². The van der Waals surface area contributed by atoms with Crippen molar-refractivity contribution in [2.24, 2.45) is 10.1 Å². The topological polar surface area (TPSA) is 159 Å². The molecule has 2 atom stereocenters. The molecular formula is C35H36N6O6. The summed E-state index contributed by atoms with van der Waals surface area (Å²) in [6.07, 6.45) is -0.269. The van der Waals surface area contributed by atoms with Crippen molar-refractivity contribution in [3.63, 3.8) is 0 Å². The third kappa shape index (κ3) is 7.82. The molecule has 12 heteroatoms. The first-order valence-electron chi connectivity index (χ1n) is 15.0. The molecule has 5 rings (SSSR count). The van der Waals surface area contributed by atoms with E-state index in [1.807, 2.05) is 42.5 Å². The number of nitrogens with zero attached hydrogens (tertiary/aromatic N) is 4. The Kier molecular flexibility index (Phi) is 10.9. The normalized spacial score (nSPS) is 16.7. The Bertz CT molecular complexity index is 1720. The maximum atomic E-state index is 14.5. The lowest BCUT2D eigenvalue weighted by atomic mass is 9.81. The first-order chi connectivity index (χ1) is 23.0. The van der Waals surface area contributed by atoms with Gasteiger partial charge in [-0.3, -0.25) is 10.2 Å². The van der Waals surface area contributed by atoms with E-state index in [-0.39, 0.29) is 25.5 Å². The van der Waals surface area contributed by atoms with Crippen LogP contribution in [0.5, 0.6) is 17.2 Å². The molecule has 1 aliphatic rings. The lowest BCUT2D eigenvalue weighted by molar-refractivity contribution is -0.130. The number of amides is 1. The number of aliphatic imine (C=N–C) groups is 1. The van der Waals surface area contributed by atoms with Gasteiger partial charge < -0.3 is 24.1 Å². The molecule has 0 saturated heterocycles. The van der Waals surface area contributed by atoms with Crippen molar-refractivity contribution in [1.29, 1.82) is 0 Å². The average molecular weight is 637 g/mol. The quantitative estimate of drug-likeness (QED) is 0.0494. The Morgan fingerprint density at radius 2 is 1.66 bits per heavy atom. The second kappa shape index (κ2) is 15.6. The number of rotatable bonds is 15. The van der Waals surface area contributed by atoms with Gasteiger partial charge in [-0.25, -0.2) is 10.4 Å². The third-order valence-electron chi connectivity index (χ3n) is 7.62. The Morgan fingerprint density at radius 1 is 0.957 bits per heavy atom. The van der Waals surface area contributed by atoms with Gasteiger partial charge in [0.1, 0.15) is 17.2 Å². The number of ether oxygens (including phenoxy) is 4. The second-order valence-electron chi connectivity index (χ2n) is 10.7. The molecule has 1 heterocycles. The van der Waals surface area contributed by atoms with Crippen molar-refractivity contribution in [3.8, 4) is 17.2 Å². The number of hydrogen-bond donors (Lipinski definition) is 3. The first-order valence-corrected chi connectivity index (χ1v) is 15.0. The zero-order valence-corrected chi connectivity index (χ0v) is 26.1. The highest BCUT2D eigenvalue weighted by Crippen LogP contribution is 2.45. The lowest BCUT2D eigenvalue weighted by Gasteiger charge is -2.31. The van der Waals surface area contributed by atoms with Crippen molar-refractivity contribution in [3.05, 3.63) is 130 Å². The second-order valence-corrected chi connectivity index (χ2v) is 10.7. The van der Waals surface area contributed by atoms with Crippen LogP contribution in [0.15, 0.2) is 107 Å². The summed E-state index contributed by atoms with van der Waals surface area (Å²) in [5.74, 6) is 1.65. The smallest absolute Gasteiger partial charge is 0.266 e. The Hall–Kier alpha value is -5.55. The number of nitrogens with one attached hydrogen (secondary N) is 2. The Labute approximate surface area is 272 Å². The summed E-state index contributed by atoms with van der Waals surface area (Å²) in [5.41, 5.74) is 16.9. The van der Waals surface area contributed by atoms with E-state index in [9.17, 15) is 10.3 Å². The Morgan fingerprint density at radius 3 is 2.34 bits per heavy atom. The van der Waals surface area contributed by atoms with Crippen molar-refractivity contribution < 1.29 is 28.8 Å². The maximum absolute atomic E-state index is 14.5. The summed E-state index contributed by atoms with van der Waals surface area (Å²) in [6, 6.07) is 29.1. The van der Waals surface area contributed by atoms with Crippen LogP contribution in [0.1, 0.15) is 34.8 Å². The van der Waals surface area contributed by atoms with E-state index in [1.165, 1.54) is 0 Å². The van der Waals surface area contributed by atoms with Gasteiger partial charge in [-0.2, -0.15) is 0 Å². The number of hydrazine groups is 1. The molecule has 0 unspecified atom stereocenters. The van der Waals surface area contributed by atoms with Crippen LogP contribution in [-0.4, -0.2) is 49.9 Å². The van der Waals surface area contributed by atoms with Gasteiger partial charge in [-0.1, -0.05) is 59.7 Å². The molecule has 47 heavy (non-hydrogen) atoms. The number of azide groups is 1. The number of carbonyl (C=O) groups is 1. The van der Waals surface area contributed by atoms with Gasteiger partial charge in [0, 0.05) is 53.8 Å². The molecule has 0 saturated carbocycles. The van der Waals surface area contributed by atoms with Crippen LogP contribution in [-0.2, 0) is 22.5 Å². The molecular weight excluding hydrogens is 600 g/mol.